The lowest BCUT2D eigenvalue weighted by atomic mass is 10.1. The summed E-state index contributed by atoms with van der Waals surface area (Å²) in [5.41, 5.74) is 0.789. The molecule has 23 heavy (non-hydrogen) atoms. The fraction of sp³-hybridized carbons (Fsp3) is 0.643. The van der Waals surface area contributed by atoms with E-state index in [4.69, 9.17) is 0 Å². The maximum absolute atomic E-state index is 12.6. The first-order chi connectivity index (χ1) is 10.5. The molecule has 0 aromatic carbocycles. The van der Waals surface area contributed by atoms with Crippen LogP contribution in [-0.4, -0.2) is 43.1 Å². The van der Waals surface area contributed by atoms with Crippen LogP contribution in [0, 0.1) is 19.8 Å². The first-order valence-corrected chi connectivity index (χ1v) is 9.03. The molecule has 1 aromatic rings. The number of alkyl halides is 3. The van der Waals surface area contributed by atoms with Gasteiger partial charge in [-0.3, -0.25) is 4.79 Å². The van der Waals surface area contributed by atoms with Crippen LogP contribution in [0.4, 0.5) is 13.2 Å². The number of halogens is 3. The summed E-state index contributed by atoms with van der Waals surface area (Å²) in [4.78, 5) is 12.2. The fourth-order valence-electron chi connectivity index (χ4n) is 2.82. The summed E-state index contributed by atoms with van der Waals surface area (Å²) in [5.74, 6) is -0.452. The van der Waals surface area contributed by atoms with Gasteiger partial charge in [-0.15, -0.1) is 0 Å². The van der Waals surface area contributed by atoms with Crippen molar-refractivity contribution in [1.82, 2.24) is 9.88 Å². The van der Waals surface area contributed by atoms with Crippen LogP contribution in [0.2, 0.25) is 0 Å². The Hall–Kier alpha value is -1.51. The van der Waals surface area contributed by atoms with Gasteiger partial charge < -0.3 is 9.88 Å². The average Bonchev–Trinajstić information content (AvgIpc) is 2.88. The van der Waals surface area contributed by atoms with E-state index >= 15 is 0 Å². The van der Waals surface area contributed by atoms with Crippen molar-refractivity contribution in [2.45, 2.75) is 33.0 Å². The molecule has 0 aliphatic carbocycles. The summed E-state index contributed by atoms with van der Waals surface area (Å²) in [6.45, 7) is 2.05. The number of hydrogen-bond donors (Lipinski definition) is 1. The van der Waals surface area contributed by atoms with Gasteiger partial charge >= 0.3 is 6.18 Å². The van der Waals surface area contributed by atoms with Gasteiger partial charge in [0.25, 0.3) is 5.91 Å². The van der Waals surface area contributed by atoms with E-state index in [-0.39, 0.29) is 35.2 Å². The molecule has 0 saturated carbocycles. The van der Waals surface area contributed by atoms with Crippen LogP contribution in [-0.2, 0) is 16.4 Å². The second kappa shape index (κ2) is 6.18. The number of aromatic nitrogens is 1. The molecule has 1 aromatic heterocycles. The number of sulfone groups is 1. The number of nitrogens with zero attached hydrogens (tertiary/aromatic N) is 1. The van der Waals surface area contributed by atoms with Gasteiger partial charge in [-0.05, 0) is 32.3 Å². The van der Waals surface area contributed by atoms with Crippen LogP contribution in [0.15, 0.2) is 6.07 Å². The molecular weight excluding hydrogens is 333 g/mol. The van der Waals surface area contributed by atoms with E-state index in [2.05, 4.69) is 5.32 Å². The van der Waals surface area contributed by atoms with Crippen LogP contribution in [0.5, 0.6) is 0 Å². The molecule has 0 bridgehead atoms. The predicted molar refractivity (Wildman–Crippen MR) is 79.1 cm³/mol. The van der Waals surface area contributed by atoms with Crippen molar-refractivity contribution in [1.29, 1.82) is 0 Å². The first kappa shape index (κ1) is 17.8. The summed E-state index contributed by atoms with van der Waals surface area (Å²) in [7, 11) is -3.02. The second-order valence-electron chi connectivity index (χ2n) is 5.97. The van der Waals surface area contributed by atoms with E-state index in [1.165, 1.54) is 19.9 Å². The number of nitrogens with one attached hydrogen (secondary N) is 1. The largest absolute Gasteiger partial charge is 0.406 e. The van der Waals surface area contributed by atoms with Crippen LogP contribution < -0.4 is 5.32 Å². The van der Waals surface area contributed by atoms with Crippen LogP contribution in [0.25, 0.3) is 0 Å². The van der Waals surface area contributed by atoms with Crippen molar-refractivity contribution in [2.24, 2.45) is 5.92 Å². The molecule has 1 aliphatic rings. The fourth-order valence-corrected chi connectivity index (χ4v) is 4.68. The summed E-state index contributed by atoms with van der Waals surface area (Å²) in [5, 5.41) is 2.62. The molecule has 0 radical (unpaired) electrons. The zero-order valence-electron chi connectivity index (χ0n) is 12.9. The SMILES string of the molecule is Cc1cc(C(=O)NC[C@@H]2CCS(=O)(=O)C2)c(C)n1CC(F)(F)F. The van der Waals surface area contributed by atoms with E-state index < -0.39 is 28.5 Å². The lowest BCUT2D eigenvalue weighted by Crippen LogP contribution is -2.30. The van der Waals surface area contributed by atoms with Crippen molar-refractivity contribution in [3.8, 4) is 0 Å². The topological polar surface area (TPSA) is 68.2 Å². The lowest BCUT2D eigenvalue weighted by Gasteiger charge is -2.13. The van der Waals surface area contributed by atoms with Gasteiger partial charge in [0.2, 0.25) is 0 Å². The second-order valence-corrected chi connectivity index (χ2v) is 8.19. The first-order valence-electron chi connectivity index (χ1n) is 7.20. The predicted octanol–water partition coefficient (Wildman–Crippen LogP) is 1.83. The third-order valence-corrected chi connectivity index (χ3v) is 5.87. The van der Waals surface area contributed by atoms with Crippen molar-refractivity contribution in [3.05, 3.63) is 23.0 Å². The molecule has 1 saturated heterocycles. The Bertz CT molecular complexity index is 708. The van der Waals surface area contributed by atoms with Crippen LogP contribution in [0.1, 0.15) is 28.2 Å². The molecule has 9 heteroatoms. The molecule has 0 unspecified atom stereocenters. The molecule has 130 valence electrons. The van der Waals surface area contributed by atoms with Crippen LogP contribution in [0.3, 0.4) is 0 Å². The minimum atomic E-state index is -4.36. The molecule has 1 fully saturated rings. The third-order valence-electron chi connectivity index (χ3n) is 4.03. The molecule has 2 rings (SSSR count). The highest BCUT2D eigenvalue weighted by Gasteiger charge is 2.31. The summed E-state index contributed by atoms with van der Waals surface area (Å²) in [6.07, 6.45) is -3.86. The molecule has 0 spiro atoms. The van der Waals surface area contributed by atoms with Gasteiger partial charge in [-0.1, -0.05) is 0 Å². The molecule has 5 nitrogen and oxygen atoms in total. The summed E-state index contributed by atoms with van der Waals surface area (Å²) >= 11 is 0. The zero-order chi connectivity index (χ0) is 17.4. The third kappa shape index (κ3) is 4.49. The Morgan fingerprint density at radius 2 is 2.04 bits per heavy atom. The van der Waals surface area contributed by atoms with Gasteiger partial charge in [0.15, 0.2) is 9.84 Å². The summed E-state index contributed by atoms with van der Waals surface area (Å²) < 4.78 is 61.5. The van der Waals surface area contributed by atoms with Crippen molar-refractivity contribution < 1.29 is 26.4 Å². The molecule has 2 heterocycles. The van der Waals surface area contributed by atoms with E-state index in [0.717, 1.165) is 4.57 Å². The number of aryl methyl sites for hydroxylation is 1. The van der Waals surface area contributed by atoms with Gasteiger partial charge in [0.1, 0.15) is 6.54 Å². The molecule has 1 N–H and O–H groups in total. The van der Waals surface area contributed by atoms with E-state index in [1.807, 2.05) is 0 Å². The monoisotopic (exact) mass is 352 g/mol. The Morgan fingerprint density at radius 1 is 1.39 bits per heavy atom. The van der Waals surface area contributed by atoms with Crippen molar-refractivity contribution in [3.63, 3.8) is 0 Å². The minimum Gasteiger partial charge on any atom is -0.352 e. The Balaban J connectivity index is 2.04. The van der Waals surface area contributed by atoms with Gasteiger partial charge in [0.05, 0.1) is 17.1 Å². The highest BCUT2D eigenvalue weighted by atomic mass is 32.2. The van der Waals surface area contributed by atoms with E-state index in [0.29, 0.717) is 12.1 Å². The quantitative estimate of drug-likeness (QED) is 0.899. The zero-order valence-corrected chi connectivity index (χ0v) is 13.7. The molecule has 1 aliphatic heterocycles. The maximum Gasteiger partial charge on any atom is 0.406 e. The van der Waals surface area contributed by atoms with E-state index in [1.54, 1.807) is 0 Å². The van der Waals surface area contributed by atoms with Gasteiger partial charge in [0, 0.05) is 17.9 Å². The molecule has 1 amide bonds. The van der Waals surface area contributed by atoms with Crippen molar-refractivity contribution in [2.75, 3.05) is 18.1 Å². The van der Waals surface area contributed by atoms with Crippen molar-refractivity contribution >= 4 is 15.7 Å². The number of carbonyl (C=O) groups is 1. The molecular formula is C14H19F3N2O3S. The van der Waals surface area contributed by atoms with Gasteiger partial charge in [-0.25, -0.2) is 8.42 Å². The standard InChI is InChI=1S/C14H19F3N2O3S/c1-9-5-12(10(2)19(9)8-14(15,16)17)13(20)18-6-11-3-4-23(21,22)7-11/h5,11H,3-4,6-8H2,1-2H3,(H,18,20)/t11-/m0/s1. The highest BCUT2D eigenvalue weighted by molar-refractivity contribution is 7.91. The minimum absolute atomic E-state index is 0.0420. The van der Waals surface area contributed by atoms with Gasteiger partial charge in [-0.2, -0.15) is 13.2 Å². The Morgan fingerprint density at radius 3 is 2.57 bits per heavy atom. The highest BCUT2D eigenvalue weighted by Crippen LogP contribution is 2.23. The number of rotatable bonds is 4. The smallest absolute Gasteiger partial charge is 0.352 e. The number of carbonyl (C=O) groups excluding carboxylic acids is 1. The average molecular weight is 352 g/mol. The summed E-state index contributed by atoms with van der Waals surface area (Å²) in [6, 6.07) is 1.42. The number of amides is 1. The Labute approximate surface area is 132 Å². The number of hydrogen-bond acceptors (Lipinski definition) is 3. The molecule has 1 atom stereocenters. The lowest BCUT2D eigenvalue weighted by molar-refractivity contribution is -0.141. The normalized spacial score (nSPS) is 20.7. The van der Waals surface area contributed by atoms with Crippen LogP contribution >= 0.6 is 0 Å². The maximum atomic E-state index is 12.6. The Kier molecular flexibility index (Phi) is 4.79. The van der Waals surface area contributed by atoms with E-state index in [9.17, 15) is 26.4 Å².